The van der Waals surface area contributed by atoms with Crippen molar-refractivity contribution in [1.82, 2.24) is 5.32 Å². The molecule has 0 saturated heterocycles. The minimum atomic E-state index is -0.426. The maximum absolute atomic E-state index is 12.0. The van der Waals surface area contributed by atoms with Crippen LogP contribution in [0.3, 0.4) is 0 Å². The third-order valence-corrected chi connectivity index (χ3v) is 3.93. The summed E-state index contributed by atoms with van der Waals surface area (Å²) in [5, 5.41) is 16.7. The van der Waals surface area contributed by atoms with Crippen molar-refractivity contribution >= 4 is 29.7 Å². The zero-order valence-corrected chi connectivity index (χ0v) is 13.7. The molecule has 2 atom stereocenters. The van der Waals surface area contributed by atoms with Crippen molar-refractivity contribution in [2.24, 2.45) is 11.7 Å². The Morgan fingerprint density at radius 3 is 2.74 bits per heavy atom. The standard InChI is InChI=1S/C15H22N4O3.ClH/c16-12-5-3-4-11(10-12)15(20)18-9-8-17-13-6-1-2-7-14(13)19(21)22;/h1-2,6-7,11-12,17H,3-5,8-10,16H2,(H,18,20);1H. The Morgan fingerprint density at radius 1 is 1.30 bits per heavy atom. The van der Waals surface area contributed by atoms with Crippen LogP contribution in [0.5, 0.6) is 0 Å². The highest BCUT2D eigenvalue weighted by atomic mass is 35.5. The third-order valence-electron chi connectivity index (χ3n) is 3.93. The molecule has 1 saturated carbocycles. The number of hydrogen-bond acceptors (Lipinski definition) is 5. The van der Waals surface area contributed by atoms with Crippen LogP contribution in [0.25, 0.3) is 0 Å². The van der Waals surface area contributed by atoms with E-state index in [0.717, 1.165) is 25.7 Å². The third kappa shape index (κ3) is 5.69. The second kappa shape index (κ2) is 9.32. The fourth-order valence-electron chi connectivity index (χ4n) is 2.78. The molecule has 2 unspecified atom stereocenters. The van der Waals surface area contributed by atoms with E-state index in [1.807, 2.05) is 0 Å². The Kier molecular flexibility index (Phi) is 7.77. The molecule has 0 spiro atoms. The van der Waals surface area contributed by atoms with Gasteiger partial charge in [-0.05, 0) is 25.3 Å². The highest BCUT2D eigenvalue weighted by Gasteiger charge is 2.24. The lowest BCUT2D eigenvalue weighted by molar-refractivity contribution is -0.384. The number of nitrogens with one attached hydrogen (secondary N) is 2. The van der Waals surface area contributed by atoms with Crippen LogP contribution >= 0.6 is 12.4 Å². The van der Waals surface area contributed by atoms with Gasteiger partial charge in [-0.2, -0.15) is 0 Å². The van der Waals surface area contributed by atoms with Gasteiger partial charge in [-0.15, -0.1) is 12.4 Å². The number of carbonyl (C=O) groups is 1. The smallest absolute Gasteiger partial charge is 0.292 e. The van der Waals surface area contributed by atoms with Gasteiger partial charge in [0.15, 0.2) is 0 Å². The van der Waals surface area contributed by atoms with Gasteiger partial charge in [0, 0.05) is 31.1 Å². The van der Waals surface area contributed by atoms with Gasteiger partial charge in [0.25, 0.3) is 5.69 Å². The van der Waals surface area contributed by atoms with Gasteiger partial charge >= 0.3 is 0 Å². The van der Waals surface area contributed by atoms with Crippen molar-refractivity contribution in [2.75, 3.05) is 18.4 Å². The lowest BCUT2D eigenvalue weighted by Crippen LogP contribution is -2.39. The normalized spacial score (nSPS) is 20.2. The molecule has 8 heteroatoms. The first-order valence-electron chi connectivity index (χ1n) is 7.58. The van der Waals surface area contributed by atoms with Crippen LogP contribution < -0.4 is 16.4 Å². The molecule has 23 heavy (non-hydrogen) atoms. The quantitative estimate of drug-likeness (QED) is 0.416. The van der Waals surface area contributed by atoms with Crippen LogP contribution in [0, 0.1) is 16.0 Å². The summed E-state index contributed by atoms with van der Waals surface area (Å²) in [4.78, 5) is 22.5. The number of para-hydroxylation sites is 2. The lowest BCUT2D eigenvalue weighted by atomic mass is 9.85. The summed E-state index contributed by atoms with van der Waals surface area (Å²) >= 11 is 0. The monoisotopic (exact) mass is 342 g/mol. The molecule has 4 N–H and O–H groups in total. The van der Waals surface area contributed by atoms with Crippen LogP contribution in [-0.4, -0.2) is 30.0 Å². The Morgan fingerprint density at radius 2 is 2.04 bits per heavy atom. The largest absolute Gasteiger partial charge is 0.378 e. The molecule has 1 fully saturated rings. The molecule has 1 aliphatic rings. The number of nitro benzene ring substituents is 1. The summed E-state index contributed by atoms with van der Waals surface area (Å²) in [7, 11) is 0. The number of nitrogens with zero attached hydrogens (tertiary/aromatic N) is 1. The molecule has 0 aliphatic heterocycles. The van der Waals surface area contributed by atoms with Crippen LogP contribution in [-0.2, 0) is 4.79 Å². The summed E-state index contributed by atoms with van der Waals surface area (Å²) in [6, 6.07) is 6.58. The number of hydrogen-bond donors (Lipinski definition) is 3. The summed E-state index contributed by atoms with van der Waals surface area (Å²) in [5.74, 6) is 0.0225. The molecular formula is C15H23ClN4O3. The molecule has 1 aromatic carbocycles. The molecule has 1 amide bonds. The van der Waals surface area contributed by atoms with Crippen LogP contribution in [0.4, 0.5) is 11.4 Å². The van der Waals surface area contributed by atoms with Crippen molar-refractivity contribution in [2.45, 2.75) is 31.7 Å². The van der Waals surface area contributed by atoms with E-state index in [-0.39, 0.29) is 36.0 Å². The van der Waals surface area contributed by atoms with E-state index >= 15 is 0 Å². The first-order chi connectivity index (χ1) is 10.6. The van der Waals surface area contributed by atoms with Gasteiger partial charge < -0.3 is 16.4 Å². The van der Waals surface area contributed by atoms with Crippen LogP contribution in [0.2, 0.25) is 0 Å². The van der Waals surface area contributed by atoms with Crippen molar-refractivity contribution in [3.8, 4) is 0 Å². The lowest BCUT2D eigenvalue weighted by Gasteiger charge is -2.25. The van der Waals surface area contributed by atoms with Crippen molar-refractivity contribution < 1.29 is 9.72 Å². The molecule has 7 nitrogen and oxygen atoms in total. The fraction of sp³-hybridized carbons (Fsp3) is 0.533. The highest BCUT2D eigenvalue weighted by molar-refractivity contribution is 5.85. The molecule has 128 valence electrons. The number of nitrogens with two attached hydrogens (primary N) is 1. The number of anilines is 1. The van der Waals surface area contributed by atoms with E-state index in [1.165, 1.54) is 6.07 Å². The molecule has 0 bridgehead atoms. The minimum Gasteiger partial charge on any atom is -0.378 e. The maximum Gasteiger partial charge on any atom is 0.292 e. The topological polar surface area (TPSA) is 110 Å². The van der Waals surface area contributed by atoms with E-state index < -0.39 is 4.92 Å². The number of halogens is 1. The first-order valence-corrected chi connectivity index (χ1v) is 7.58. The Labute approximate surface area is 141 Å². The van der Waals surface area contributed by atoms with Crippen molar-refractivity contribution in [3.05, 3.63) is 34.4 Å². The zero-order chi connectivity index (χ0) is 15.9. The summed E-state index contributed by atoms with van der Waals surface area (Å²) in [6.45, 7) is 0.867. The van der Waals surface area contributed by atoms with E-state index in [9.17, 15) is 14.9 Å². The fourth-order valence-corrected chi connectivity index (χ4v) is 2.78. The average molecular weight is 343 g/mol. The van der Waals surface area contributed by atoms with Crippen LogP contribution in [0.1, 0.15) is 25.7 Å². The second-order valence-corrected chi connectivity index (χ2v) is 5.62. The molecule has 2 rings (SSSR count). The molecule has 1 aromatic rings. The highest BCUT2D eigenvalue weighted by Crippen LogP contribution is 2.23. The van der Waals surface area contributed by atoms with Gasteiger partial charge in [0.05, 0.1) is 4.92 Å². The van der Waals surface area contributed by atoms with E-state index in [1.54, 1.807) is 18.2 Å². The summed E-state index contributed by atoms with van der Waals surface area (Å²) in [6.07, 6.45) is 3.61. The molecule has 0 radical (unpaired) electrons. The predicted molar refractivity (Wildman–Crippen MR) is 91.8 cm³/mol. The molecule has 1 aliphatic carbocycles. The second-order valence-electron chi connectivity index (χ2n) is 5.62. The molecule has 0 heterocycles. The maximum atomic E-state index is 12.0. The summed E-state index contributed by atoms with van der Waals surface area (Å²) < 4.78 is 0. The number of amides is 1. The van der Waals surface area contributed by atoms with Gasteiger partial charge in [-0.25, -0.2) is 0 Å². The zero-order valence-electron chi connectivity index (χ0n) is 12.9. The molecule has 0 aromatic heterocycles. The molecular weight excluding hydrogens is 320 g/mol. The van der Waals surface area contributed by atoms with Gasteiger partial charge in [0.2, 0.25) is 5.91 Å². The van der Waals surface area contributed by atoms with Gasteiger partial charge in [-0.1, -0.05) is 18.6 Å². The van der Waals surface area contributed by atoms with Gasteiger partial charge in [0.1, 0.15) is 5.69 Å². The average Bonchev–Trinajstić information content (AvgIpc) is 2.51. The summed E-state index contributed by atoms with van der Waals surface area (Å²) in [5.41, 5.74) is 6.38. The minimum absolute atomic E-state index is 0. The van der Waals surface area contributed by atoms with Crippen LogP contribution in [0.15, 0.2) is 24.3 Å². The predicted octanol–water partition coefficient (Wildman–Crippen LogP) is 2.06. The van der Waals surface area contributed by atoms with E-state index in [0.29, 0.717) is 18.8 Å². The first kappa shape index (κ1) is 19.2. The number of carbonyl (C=O) groups excluding carboxylic acids is 1. The number of benzene rings is 1. The van der Waals surface area contributed by atoms with E-state index in [2.05, 4.69) is 10.6 Å². The number of nitro groups is 1. The number of rotatable bonds is 6. The van der Waals surface area contributed by atoms with E-state index in [4.69, 9.17) is 5.73 Å². The van der Waals surface area contributed by atoms with Crippen molar-refractivity contribution in [3.63, 3.8) is 0 Å². The van der Waals surface area contributed by atoms with Crippen molar-refractivity contribution in [1.29, 1.82) is 0 Å². The van der Waals surface area contributed by atoms with Gasteiger partial charge in [-0.3, -0.25) is 14.9 Å². The Bertz CT molecular complexity index is 541. The Hall–Kier alpha value is -1.86. The Balaban J connectivity index is 0.00000264. The SMILES string of the molecule is Cl.NC1CCCC(C(=O)NCCNc2ccccc2[N+](=O)[O-])C1.